The van der Waals surface area contributed by atoms with E-state index >= 15 is 0 Å². The number of H-pyrrole nitrogens is 1. The van der Waals surface area contributed by atoms with E-state index in [0.717, 1.165) is 12.0 Å². The van der Waals surface area contributed by atoms with Crippen LogP contribution in [-0.2, 0) is 10.2 Å². The van der Waals surface area contributed by atoms with E-state index in [1.54, 1.807) is 4.90 Å². The Morgan fingerprint density at radius 3 is 2.68 bits per heavy atom. The SMILES string of the molecule is CC(C)(CC(=O)N1CCCC1c1n[nH]nc1C(=O)O)c1ccccc1. The number of rotatable bonds is 5. The highest BCUT2D eigenvalue weighted by Crippen LogP contribution is 2.35. The molecule has 1 unspecified atom stereocenters. The number of hydrogen-bond donors (Lipinski definition) is 2. The fourth-order valence-electron chi connectivity index (χ4n) is 3.45. The minimum atomic E-state index is -1.13. The zero-order valence-corrected chi connectivity index (χ0v) is 14.4. The van der Waals surface area contributed by atoms with E-state index in [1.165, 1.54) is 0 Å². The van der Waals surface area contributed by atoms with Gasteiger partial charge in [-0.2, -0.15) is 10.3 Å². The lowest BCUT2D eigenvalue weighted by molar-refractivity contribution is -0.133. The number of carboxylic acids is 1. The third-order valence-corrected chi connectivity index (χ3v) is 4.81. The minimum Gasteiger partial charge on any atom is -0.476 e. The van der Waals surface area contributed by atoms with Crippen molar-refractivity contribution in [3.8, 4) is 0 Å². The maximum absolute atomic E-state index is 12.9. The van der Waals surface area contributed by atoms with Gasteiger partial charge in [0.15, 0.2) is 5.69 Å². The van der Waals surface area contributed by atoms with E-state index < -0.39 is 5.97 Å². The average Bonchev–Trinajstić information content (AvgIpc) is 3.24. The molecule has 0 aliphatic carbocycles. The summed E-state index contributed by atoms with van der Waals surface area (Å²) in [6, 6.07) is 9.60. The number of carboxylic acid groups (broad SMARTS) is 1. The van der Waals surface area contributed by atoms with Crippen LogP contribution in [-0.4, -0.2) is 43.8 Å². The first-order valence-corrected chi connectivity index (χ1v) is 8.39. The van der Waals surface area contributed by atoms with E-state index in [1.807, 2.05) is 44.2 Å². The van der Waals surface area contributed by atoms with E-state index in [0.29, 0.717) is 25.1 Å². The van der Waals surface area contributed by atoms with Crippen molar-refractivity contribution in [1.29, 1.82) is 0 Å². The molecule has 2 N–H and O–H groups in total. The molecule has 1 aliphatic rings. The van der Waals surface area contributed by atoms with Crippen LogP contribution in [0.25, 0.3) is 0 Å². The van der Waals surface area contributed by atoms with Crippen LogP contribution in [0.1, 0.15) is 60.9 Å². The van der Waals surface area contributed by atoms with E-state index in [-0.39, 0.29) is 23.1 Å². The highest BCUT2D eigenvalue weighted by Gasteiger charge is 2.37. The largest absolute Gasteiger partial charge is 0.476 e. The molecule has 2 heterocycles. The summed E-state index contributed by atoms with van der Waals surface area (Å²) in [6.45, 7) is 4.70. The van der Waals surface area contributed by atoms with Crippen molar-refractivity contribution in [2.24, 2.45) is 0 Å². The number of aromatic carboxylic acids is 1. The molecule has 7 heteroatoms. The summed E-state index contributed by atoms with van der Waals surface area (Å²) in [5.41, 5.74) is 1.04. The van der Waals surface area contributed by atoms with Crippen molar-refractivity contribution in [2.45, 2.75) is 44.6 Å². The maximum Gasteiger partial charge on any atom is 0.358 e. The molecule has 0 spiro atoms. The van der Waals surface area contributed by atoms with Gasteiger partial charge in [0.25, 0.3) is 0 Å². The number of aromatic amines is 1. The number of likely N-dealkylation sites (tertiary alicyclic amines) is 1. The van der Waals surface area contributed by atoms with Gasteiger partial charge in [0, 0.05) is 13.0 Å². The van der Waals surface area contributed by atoms with Gasteiger partial charge in [0.1, 0.15) is 5.69 Å². The normalized spacial score (nSPS) is 17.7. The van der Waals surface area contributed by atoms with Gasteiger partial charge in [-0.1, -0.05) is 44.2 Å². The molecule has 3 rings (SSSR count). The van der Waals surface area contributed by atoms with Gasteiger partial charge in [-0.05, 0) is 23.8 Å². The van der Waals surface area contributed by atoms with Crippen LogP contribution in [0.3, 0.4) is 0 Å². The molecule has 132 valence electrons. The summed E-state index contributed by atoms with van der Waals surface area (Å²) in [4.78, 5) is 26.0. The van der Waals surface area contributed by atoms with E-state index in [2.05, 4.69) is 15.4 Å². The van der Waals surface area contributed by atoms with Crippen LogP contribution in [0.4, 0.5) is 0 Å². The van der Waals surface area contributed by atoms with Crippen molar-refractivity contribution in [3.05, 3.63) is 47.3 Å². The van der Waals surface area contributed by atoms with Crippen LogP contribution in [0.5, 0.6) is 0 Å². The Labute approximate surface area is 146 Å². The molecule has 1 amide bonds. The monoisotopic (exact) mass is 342 g/mol. The number of benzene rings is 1. The van der Waals surface area contributed by atoms with Crippen LogP contribution in [0.15, 0.2) is 30.3 Å². The van der Waals surface area contributed by atoms with Gasteiger partial charge in [0.2, 0.25) is 5.91 Å². The number of hydrogen-bond acceptors (Lipinski definition) is 4. The van der Waals surface area contributed by atoms with Crippen molar-refractivity contribution in [1.82, 2.24) is 20.3 Å². The Balaban J connectivity index is 1.79. The molecule has 1 aromatic carbocycles. The molecule has 7 nitrogen and oxygen atoms in total. The Bertz CT molecular complexity index is 770. The lowest BCUT2D eigenvalue weighted by atomic mass is 9.81. The van der Waals surface area contributed by atoms with Crippen molar-refractivity contribution in [2.75, 3.05) is 6.54 Å². The smallest absolute Gasteiger partial charge is 0.358 e. The topological polar surface area (TPSA) is 99.2 Å². The summed E-state index contributed by atoms with van der Waals surface area (Å²) >= 11 is 0. The summed E-state index contributed by atoms with van der Waals surface area (Å²) in [5, 5.41) is 19.3. The first-order valence-electron chi connectivity index (χ1n) is 8.39. The quantitative estimate of drug-likeness (QED) is 0.870. The molecular formula is C18H22N4O3. The number of carbonyl (C=O) groups excluding carboxylic acids is 1. The summed E-state index contributed by atoms with van der Waals surface area (Å²) < 4.78 is 0. The fourth-order valence-corrected chi connectivity index (χ4v) is 3.45. The molecule has 1 aromatic heterocycles. The predicted octanol–water partition coefficient (Wildman–Crippen LogP) is 2.53. The molecule has 0 radical (unpaired) electrons. The summed E-state index contributed by atoms with van der Waals surface area (Å²) in [5.74, 6) is -1.12. The molecule has 25 heavy (non-hydrogen) atoms. The number of amides is 1. The molecule has 0 saturated carbocycles. The molecule has 1 atom stereocenters. The molecule has 2 aromatic rings. The lowest BCUT2D eigenvalue weighted by Crippen LogP contribution is -2.35. The van der Waals surface area contributed by atoms with Gasteiger partial charge < -0.3 is 10.0 Å². The fraction of sp³-hybridized carbons (Fsp3) is 0.444. The number of aromatic nitrogens is 3. The van der Waals surface area contributed by atoms with Gasteiger partial charge in [-0.15, -0.1) is 5.10 Å². The second-order valence-electron chi connectivity index (χ2n) is 7.03. The number of nitrogens with one attached hydrogen (secondary N) is 1. The van der Waals surface area contributed by atoms with Crippen molar-refractivity contribution >= 4 is 11.9 Å². The highest BCUT2D eigenvalue weighted by molar-refractivity contribution is 5.87. The van der Waals surface area contributed by atoms with E-state index in [9.17, 15) is 14.7 Å². The zero-order chi connectivity index (χ0) is 18.0. The molecule has 1 aliphatic heterocycles. The lowest BCUT2D eigenvalue weighted by Gasteiger charge is -2.30. The molecule has 1 fully saturated rings. The van der Waals surface area contributed by atoms with Crippen molar-refractivity contribution < 1.29 is 14.7 Å². The van der Waals surface area contributed by atoms with Gasteiger partial charge >= 0.3 is 5.97 Å². The third kappa shape index (κ3) is 3.40. The third-order valence-electron chi connectivity index (χ3n) is 4.81. The van der Waals surface area contributed by atoms with Crippen LogP contribution < -0.4 is 0 Å². The minimum absolute atomic E-state index is 0.00990. The summed E-state index contributed by atoms with van der Waals surface area (Å²) in [7, 11) is 0. The zero-order valence-electron chi connectivity index (χ0n) is 14.4. The average molecular weight is 342 g/mol. The van der Waals surface area contributed by atoms with Crippen LogP contribution in [0.2, 0.25) is 0 Å². The number of nitrogens with zero attached hydrogens (tertiary/aromatic N) is 3. The summed E-state index contributed by atoms with van der Waals surface area (Å²) in [6.07, 6.45) is 1.88. The first-order chi connectivity index (χ1) is 11.9. The Hall–Kier alpha value is -2.70. The van der Waals surface area contributed by atoms with Crippen LogP contribution in [0, 0.1) is 0 Å². The standard InChI is InChI=1S/C18H22N4O3/c1-18(2,12-7-4-3-5-8-12)11-14(23)22-10-6-9-13(22)15-16(17(24)25)20-21-19-15/h3-5,7-8,13H,6,9-11H2,1-2H3,(H,24,25)(H,19,20,21). The Morgan fingerprint density at radius 1 is 1.28 bits per heavy atom. The highest BCUT2D eigenvalue weighted by atomic mass is 16.4. The van der Waals surface area contributed by atoms with Crippen molar-refractivity contribution in [3.63, 3.8) is 0 Å². The number of carbonyl (C=O) groups is 2. The Morgan fingerprint density at radius 2 is 2.00 bits per heavy atom. The van der Waals surface area contributed by atoms with Gasteiger partial charge in [0.05, 0.1) is 6.04 Å². The second-order valence-corrected chi connectivity index (χ2v) is 7.03. The van der Waals surface area contributed by atoms with E-state index in [4.69, 9.17) is 0 Å². The molecular weight excluding hydrogens is 320 g/mol. The van der Waals surface area contributed by atoms with Gasteiger partial charge in [-0.25, -0.2) is 4.79 Å². The maximum atomic E-state index is 12.9. The Kier molecular flexibility index (Phi) is 4.57. The van der Waals surface area contributed by atoms with Crippen LogP contribution >= 0.6 is 0 Å². The predicted molar refractivity (Wildman–Crippen MR) is 91.1 cm³/mol. The second kappa shape index (κ2) is 6.66. The molecule has 0 bridgehead atoms. The first kappa shape index (κ1) is 17.1. The van der Waals surface area contributed by atoms with Gasteiger partial charge in [-0.3, -0.25) is 4.79 Å². The molecule has 1 saturated heterocycles.